The van der Waals surface area contributed by atoms with E-state index in [1.165, 1.54) is 0 Å². The van der Waals surface area contributed by atoms with Crippen LogP contribution in [0, 0.1) is 13.8 Å². The van der Waals surface area contributed by atoms with Crippen molar-refractivity contribution in [1.29, 1.82) is 0 Å². The Balaban J connectivity index is 2.97. The van der Waals surface area contributed by atoms with E-state index in [2.05, 4.69) is 10.3 Å². The lowest BCUT2D eigenvalue weighted by Crippen LogP contribution is -2.50. The van der Waals surface area contributed by atoms with Gasteiger partial charge in [-0.3, -0.25) is 15.1 Å². The van der Waals surface area contributed by atoms with Crippen LogP contribution in [0.15, 0.2) is 6.20 Å². The minimum atomic E-state index is -0.897. The minimum absolute atomic E-state index is 0.413. The number of aromatic nitrogens is 1. The molecule has 0 unspecified atom stereocenters. The van der Waals surface area contributed by atoms with Crippen LogP contribution in [-0.4, -0.2) is 28.7 Å². The van der Waals surface area contributed by atoms with Gasteiger partial charge in [0.1, 0.15) is 11.3 Å². The van der Waals surface area contributed by atoms with Crippen LogP contribution in [0.5, 0.6) is 5.75 Å². The zero-order valence-corrected chi connectivity index (χ0v) is 12.9. The molecular weight excluding hydrogens is 256 g/mol. The van der Waals surface area contributed by atoms with Crippen LogP contribution in [0.4, 0.5) is 0 Å². The highest BCUT2D eigenvalue weighted by molar-refractivity contribution is 5.78. The summed E-state index contributed by atoms with van der Waals surface area (Å²) in [6.07, 6.45) is 2.81. The normalized spacial score (nSPS) is 11.4. The van der Waals surface area contributed by atoms with Crippen molar-refractivity contribution >= 4 is 5.97 Å². The molecule has 112 valence electrons. The summed E-state index contributed by atoms with van der Waals surface area (Å²) in [6, 6.07) is 0. The second kappa shape index (κ2) is 6.70. The number of aliphatic carboxylic acids is 1. The Morgan fingerprint density at radius 2 is 2.00 bits per heavy atom. The Hall–Kier alpha value is -1.62. The van der Waals surface area contributed by atoms with Crippen LogP contribution in [0.25, 0.3) is 0 Å². The van der Waals surface area contributed by atoms with Gasteiger partial charge < -0.3 is 9.84 Å². The molecule has 0 fully saturated rings. The summed E-state index contributed by atoms with van der Waals surface area (Å²) in [7, 11) is 1.63. The van der Waals surface area contributed by atoms with E-state index in [0.29, 0.717) is 19.4 Å². The molecule has 0 amide bonds. The lowest BCUT2D eigenvalue weighted by Gasteiger charge is -2.28. The predicted molar refractivity (Wildman–Crippen MR) is 78.1 cm³/mol. The molecule has 2 N–H and O–H groups in total. The maximum Gasteiger partial charge on any atom is 0.323 e. The average molecular weight is 280 g/mol. The highest BCUT2D eigenvalue weighted by Gasteiger charge is 2.34. The van der Waals surface area contributed by atoms with Crippen molar-refractivity contribution in [2.75, 3.05) is 7.11 Å². The number of nitrogens with one attached hydrogen (secondary N) is 1. The van der Waals surface area contributed by atoms with Gasteiger partial charge in [-0.2, -0.15) is 0 Å². The molecule has 0 saturated heterocycles. The van der Waals surface area contributed by atoms with Crippen LogP contribution in [0.2, 0.25) is 0 Å². The van der Waals surface area contributed by atoms with E-state index < -0.39 is 11.5 Å². The summed E-state index contributed by atoms with van der Waals surface area (Å²) in [5.41, 5.74) is 1.85. The largest absolute Gasteiger partial charge is 0.496 e. The number of nitrogens with zero attached hydrogens (tertiary/aromatic N) is 1. The molecule has 0 spiro atoms. The molecule has 5 nitrogen and oxygen atoms in total. The number of rotatable bonds is 7. The Morgan fingerprint density at radius 3 is 2.45 bits per heavy atom. The molecule has 0 radical (unpaired) electrons. The number of ether oxygens (including phenoxy) is 1. The zero-order chi connectivity index (χ0) is 15.3. The van der Waals surface area contributed by atoms with Crippen molar-refractivity contribution in [1.82, 2.24) is 10.3 Å². The van der Waals surface area contributed by atoms with Gasteiger partial charge in [0, 0.05) is 23.9 Å². The first kappa shape index (κ1) is 16.4. The summed E-state index contributed by atoms with van der Waals surface area (Å²) in [4.78, 5) is 15.8. The maximum atomic E-state index is 11.5. The molecule has 0 aliphatic heterocycles. The number of pyridine rings is 1. The third kappa shape index (κ3) is 3.10. The third-order valence-electron chi connectivity index (χ3n) is 3.96. The molecule has 1 aromatic heterocycles. The summed E-state index contributed by atoms with van der Waals surface area (Å²) in [5, 5.41) is 12.6. The van der Waals surface area contributed by atoms with Crippen LogP contribution < -0.4 is 10.1 Å². The third-order valence-corrected chi connectivity index (χ3v) is 3.96. The second-order valence-corrected chi connectivity index (χ2v) is 4.99. The van der Waals surface area contributed by atoms with Gasteiger partial charge in [-0.15, -0.1) is 0 Å². The molecule has 20 heavy (non-hydrogen) atoms. The van der Waals surface area contributed by atoms with E-state index >= 15 is 0 Å². The molecule has 0 aromatic carbocycles. The monoisotopic (exact) mass is 280 g/mol. The molecule has 0 saturated carbocycles. The van der Waals surface area contributed by atoms with Crippen molar-refractivity contribution in [3.63, 3.8) is 0 Å². The summed E-state index contributed by atoms with van der Waals surface area (Å²) < 4.78 is 5.36. The van der Waals surface area contributed by atoms with E-state index in [1.54, 1.807) is 13.3 Å². The second-order valence-electron chi connectivity index (χ2n) is 4.99. The molecule has 1 rings (SSSR count). The summed E-state index contributed by atoms with van der Waals surface area (Å²) in [6.45, 7) is 8.05. The van der Waals surface area contributed by atoms with Gasteiger partial charge in [0.2, 0.25) is 0 Å². The number of hydrogen-bond donors (Lipinski definition) is 2. The van der Waals surface area contributed by atoms with Crippen LogP contribution >= 0.6 is 0 Å². The number of carboxylic acid groups (broad SMARTS) is 1. The van der Waals surface area contributed by atoms with Crippen molar-refractivity contribution < 1.29 is 14.6 Å². The SMILES string of the molecule is CCC(CC)(NCc1ncc(C)c(OC)c1C)C(=O)O. The van der Waals surface area contributed by atoms with Gasteiger partial charge in [-0.25, -0.2) is 0 Å². The highest BCUT2D eigenvalue weighted by Crippen LogP contribution is 2.25. The molecule has 0 aliphatic carbocycles. The van der Waals surface area contributed by atoms with E-state index in [1.807, 2.05) is 27.7 Å². The van der Waals surface area contributed by atoms with Crippen molar-refractivity contribution in [3.05, 3.63) is 23.0 Å². The number of hydrogen-bond acceptors (Lipinski definition) is 4. The fourth-order valence-corrected chi connectivity index (χ4v) is 2.38. The Kier molecular flexibility index (Phi) is 5.51. The lowest BCUT2D eigenvalue weighted by molar-refractivity contribution is -0.145. The molecule has 0 atom stereocenters. The number of carbonyl (C=O) groups is 1. The van der Waals surface area contributed by atoms with Crippen LogP contribution in [0.3, 0.4) is 0 Å². The topological polar surface area (TPSA) is 71.5 Å². The predicted octanol–water partition coefficient (Wildman–Crippen LogP) is 2.44. The van der Waals surface area contributed by atoms with Gasteiger partial charge in [0.15, 0.2) is 0 Å². The lowest BCUT2D eigenvalue weighted by atomic mass is 9.92. The molecule has 5 heteroatoms. The Morgan fingerprint density at radius 1 is 1.40 bits per heavy atom. The average Bonchev–Trinajstić information content (AvgIpc) is 2.42. The minimum Gasteiger partial charge on any atom is -0.496 e. The van der Waals surface area contributed by atoms with E-state index in [9.17, 15) is 9.90 Å². The fourth-order valence-electron chi connectivity index (χ4n) is 2.38. The van der Waals surface area contributed by atoms with Crippen molar-refractivity contribution in [2.45, 2.75) is 52.6 Å². The van der Waals surface area contributed by atoms with Gasteiger partial charge in [0.05, 0.1) is 12.8 Å². The first-order chi connectivity index (χ1) is 9.41. The van der Waals surface area contributed by atoms with Crippen LogP contribution in [-0.2, 0) is 11.3 Å². The quantitative estimate of drug-likeness (QED) is 0.802. The fraction of sp³-hybridized carbons (Fsp3) is 0.600. The first-order valence-electron chi connectivity index (χ1n) is 6.89. The van der Waals surface area contributed by atoms with Gasteiger partial charge in [-0.1, -0.05) is 13.8 Å². The van der Waals surface area contributed by atoms with Gasteiger partial charge in [0.25, 0.3) is 0 Å². The number of carboxylic acids is 1. The van der Waals surface area contributed by atoms with Gasteiger partial charge >= 0.3 is 5.97 Å². The zero-order valence-electron chi connectivity index (χ0n) is 12.9. The Bertz CT molecular complexity index is 482. The molecule has 0 bridgehead atoms. The standard InChI is InChI=1S/C15H24N2O3/c1-6-15(7-2,14(18)19)17-9-12-11(4)13(20-5)10(3)8-16-12/h8,17H,6-7,9H2,1-5H3,(H,18,19). The van der Waals surface area contributed by atoms with Gasteiger partial charge in [-0.05, 0) is 26.7 Å². The smallest absolute Gasteiger partial charge is 0.323 e. The molecular formula is C15H24N2O3. The van der Waals surface area contributed by atoms with Crippen molar-refractivity contribution in [3.8, 4) is 5.75 Å². The van der Waals surface area contributed by atoms with Crippen molar-refractivity contribution in [2.24, 2.45) is 0 Å². The summed E-state index contributed by atoms with van der Waals surface area (Å²) >= 11 is 0. The Labute approximate surface area is 120 Å². The first-order valence-corrected chi connectivity index (χ1v) is 6.89. The molecule has 0 aliphatic rings. The molecule has 1 heterocycles. The van der Waals surface area contributed by atoms with E-state index in [-0.39, 0.29) is 0 Å². The molecule has 1 aromatic rings. The van der Waals surface area contributed by atoms with Crippen LogP contribution in [0.1, 0.15) is 43.5 Å². The van der Waals surface area contributed by atoms with E-state index in [4.69, 9.17) is 4.74 Å². The number of aryl methyl sites for hydroxylation is 1. The summed E-state index contributed by atoms with van der Waals surface area (Å²) in [5.74, 6) is -0.00930. The van der Waals surface area contributed by atoms with E-state index in [0.717, 1.165) is 22.6 Å². The number of methoxy groups -OCH3 is 1. The highest BCUT2D eigenvalue weighted by atomic mass is 16.5. The maximum absolute atomic E-state index is 11.5.